The summed E-state index contributed by atoms with van der Waals surface area (Å²) < 4.78 is 10.9. The maximum absolute atomic E-state index is 9.77. The summed E-state index contributed by atoms with van der Waals surface area (Å²) in [6, 6.07) is 54.4. The standard InChI is InChI=1S/C44H24N4O/c45-25-27-10-15-40-34(20-27)33-8-4-5-9-39(33)47(40)31-13-18-43-37(23-31)38-24-32(14-19-44(38)49-43)48-41-16-11-28(26-46)21-35(41)36-22-30(12-17-42(36)48)29-6-2-1-3-7-29/h1-24H. The predicted molar refractivity (Wildman–Crippen MR) is 197 cm³/mol. The van der Waals surface area contributed by atoms with Gasteiger partial charge in [-0.2, -0.15) is 10.5 Å². The number of aromatic nitrogens is 2. The summed E-state index contributed by atoms with van der Waals surface area (Å²) in [4.78, 5) is 0. The summed E-state index contributed by atoms with van der Waals surface area (Å²) in [5, 5.41) is 25.7. The first kappa shape index (κ1) is 27.1. The van der Waals surface area contributed by atoms with Crippen LogP contribution in [0.1, 0.15) is 11.1 Å². The van der Waals surface area contributed by atoms with Gasteiger partial charge in [-0.05, 0) is 102 Å². The Morgan fingerprint density at radius 1 is 0.388 bits per heavy atom. The van der Waals surface area contributed by atoms with Crippen LogP contribution in [0.4, 0.5) is 0 Å². The number of furan rings is 1. The second kappa shape index (κ2) is 10.2. The number of rotatable bonds is 3. The van der Waals surface area contributed by atoms with Crippen molar-refractivity contribution in [1.82, 2.24) is 9.13 Å². The lowest BCUT2D eigenvalue weighted by Gasteiger charge is -2.09. The van der Waals surface area contributed by atoms with Gasteiger partial charge in [-0.1, -0.05) is 54.6 Å². The van der Waals surface area contributed by atoms with Gasteiger partial charge in [-0.15, -0.1) is 0 Å². The molecule has 0 saturated carbocycles. The second-order valence-electron chi connectivity index (χ2n) is 12.4. The van der Waals surface area contributed by atoms with E-state index in [0.717, 1.165) is 88.1 Å². The van der Waals surface area contributed by atoms with Gasteiger partial charge in [-0.25, -0.2) is 0 Å². The fourth-order valence-corrected chi connectivity index (χ4v) is 7.53. The highest BCUT2D eigenvalue weighted by atomic mass is 16.3. The van der Waals surface area contributed by atoms with E-state index in [0.29, 0.717) is 11.1 Å². The Morgan fingerprint density at radius 2 is 0.898 bits per heavy atom. The highest BCUT2D eigenvalue weighted by molar-refractivity contribution is 6.13. The lowest BCUT2D eigenvalue weighted by molar-refractivity contribution is 0.669. The smallest absolute Gasteiger partial charge is 0.135 e. The number of benzene rings is 7. The number of hydrogen-bond donors (Lipinski definition) is 0. The molecule has 0 aliphatic heterocycles. The topological polar surface area (TPSA) is 70.6 Å². The van der Waals surface area contributed by atoms with Crippen LogP contribution in [0.5, 0.6) is 0 Å². The molecule has 0 aliphatic carbocycles. The van der Waals surface area contributed by atoms with Gasteiger partial charge in [0.05, 0.1) is 45.3 Å². The average molecular weight is 625 g/mol. The Balaban J connectivity index is 1.20. The maximum Gasteiger partial charge on any atom is 0.135 e. The quantitative estimate of drug-likeness (QED) is 0.196. The van der Waals surface area contributed by atoms with Gasteiger partial charge in [-0.3, -0.25) is 0 Å². The molecule has 0 aliphatic rings. The molecule has 0 radical (unpaired) electrons. The number of hydrogen-bond acceptors (Lipinski definition) is 3. The van der Waals surface area contributed by atoms with Crippen LogP contribution in [0.15, 0.2) is 150 Å². The molecule has 5 nitrogen and oxygen atoms in total. The molecule has 10 rings (SSSR count). The molecule has 0 bridgehead atoms. The third-order valence-corrected chi connectivity index (χ3v) is 9.76. The van der Waals surface area contributed by atoms with Gasteiger partial charge in [0.1, 0.15) is 11.2 Å². The van der Waals surface area contributed by atoms with Crippen LogP contribution in [-0.2, 0) is 0 Å². The van der Waals surface area contributed by atoms with E-state index >= 15 is 0 Å². The van der Waals surface area contributed by atoms with Crippen LogP contribution in [0.2, 0.25) is 0 Å². The molecule has 0 saturated heterocycles. The molecule has 49 heavy (non-hydrogen) atoms. The first-order chi connectivity index (χ1) is 24.2. The minimum Gasteiger partial charge on any atom is -0.456 e. The minimum atomic E-state index is 0.634. The Hall–Kier alpha value is -7.08. The summed E-state index contributed by atoms with van der Waals surface area (Å²) >= 11 is 0. The number of nitrogens with zero attached hydrogens (tertiary/aromatic N) is 4. The largest absolute Gasteiger partial charge is 0.456 e. The van der Waals surface area contributed by atoms with E-state index < -0.39 is 0 Å². The number of para-hydroxylation sites is 1. The van der Waals surface area contributed by atoms with Gasteiger partial charge in [0.15, 0.2) is 0 Å². The van der Waals surface area contributed by atoms with Gasteiger partial charge in [0.25, 0.3) is 0 Å². The van der Waals surface area contributed by atoms with Crippen molar-refractivity contribution in [3.8, 4) is 34.6 Å². The van der Waals surface area contributed by atoms with Crippen LogP contribution >= 0.6 is 0 Å². The Bertz CT molecular complexity index is 3070. The first-order valence-electron chi connectivity index (χ1n) is 16.1. The van der Waals surface area contributed by atoms with Gasteiger partial charge in [0.2, 0.25) is 0 Å². The molecule has 5 heteroatoms. The van der Waals surface area contributed by atoms with Crippen molar-refractivity contribution >= 4 is 65.6 Å². The second-order valence-corrected chi connectivity index (χ2v) is 12.4. The summed E-state index contributed by atoms with van der Waals surface area (Å²) in [7, 11) is 0. The molecule has 3 aromatic heterocycles. The van der Waals surface area contributed by atoms with E-state index in [1.165, 1.54) is 0 Å². The maximum atomic E-state index is 9.77. The molecule has 3 heterocycles. The summed E-state index contributed by atoms with van der Waals surface area (Å²) in [6.45, 7) is 0. The van der Waals surface area contributed by atoms with E-state index in [-0.39, 0.29) is 0 Å². The molecule has 0 N–H and O–H groups in total. The fourth-order valence-electron chi connectivity index (χ4n) is 7.53. The number of fused-ring (bicyclic) bond motifs is 9. The zero-order valence-electron chi connectivity index (χ0n) is 26.1. The van der Waals surface area contributed by atoms with Crippen molar-refractivity contribution in [2.75, 3.05) is 0 Å². The van der Waals surface area contributed by atoms with Gasteiger partial charge >= 0.3 is 0 Å². The van der Waals surface area contributed by atoms with Crippen molar-refractivity contribution in [2.24, 2.45) is 0 Å². The summed E-state index contributed by atoms with van der Waals surface area (Å²) in [5.74, 6) is 0. The van der Waals surface area contributed by atoms with E-state index in [9.17, 15) is 10.5 Å². The van der Waals surface area contributed by atoms with Crippen LogP contribution in [0.3, 0.4) is 0 Å². The normalized spacial score (nSPS) is 11.6. The van der Waals surface area contributed by atoms with E-state index in [1.54, 1.807) is 0 Å². The Kier molecular flexibility index (Phi) is 5.64. The molecule has 0 atom stereocenters. The van der Waals surface area contributed by atoms with E-state index in [1.807, 2.05) is 60.7 Å². The SMILES string of the molecule is N#Cc1ccc2c(c1)c1ccccc1n2-c1ccc2oc3ccc(-n4c5ccc(C#N)cc5c5cc(-c6ccccc6)ccc54)cc3c2c1. The van der Waals surface area contributed by atoms with Crippen molar-refractivity contribution < 1.29 is 4.42 Å². The monoisotopic (exact) mass is 624 g/mol. The molecule has 10 aromatic rings. The van der Waals surface area contributed by atoms with Crippen LogP contribution in [-0.4, -0.2) is 9.13 Å². The fraction of sp³-hybridized carbons (Fsp3) is 0. The average Bonchev–Trinajstić information content (AvgIpc) is 3.81. The van der Waals surface area contributed by atoms with Gasteiger partial charge < -0.3 is 13.6 Å². The molecule has 0 unspecified atom stereocenters. The molecule has 0 spiro atoms. The van der Waals surface area contributed by atoms with Crippen molar-refractivity contribution in [1.29, 1.82) is 10.5 Å². The lowest BCUT2D eigenvalue weighted by Crippen LogP contribution is -1.94. The Morgan fingerprint density at radius 3 is 1.51 bits per heavy atom. The van der Waals surface area contributed by atoms with Crippen LogP contribution in [0, 0.1) is 22.7 Å². The van der Waals surface area contributed by atoms with E-state index in [2.05, 4.69) is 106 Å². The Labute approximate surface area is 280 Å². The van der Waals surface area contributed by atoms with Gasteiger partial charge in [0, 0.05) is 43.7 Å². The third kappa shape index (κ3) is 3.97. The highest BCUT2D eigenvalue weighted by Gasteiger charge is 2.18. The molecular formula is C44H24N4O. The van der Waals surface area contributed by atoms with Crippen molar-refractivity contribution in [3.05, 3.63) is 157 Å². The molecule has 226 valence electrons. The molecular weight excluding hydrogens is 601 g/mol. The third-order valence-electron chi connectivity index (χ3n) is 9.76. The first-order valence-corrected chi connectivity index (χ1v) is 16.1. The summed E-state index contributed by atoms with van der Waals surface area (Å²) in [6.07, 6.45) is 0. The zero-order valence-corrected chi connectivity index (χ0v) is 26.1. The summed E-state index contributed by atoms with van der Waals surface area (Å²) in [5.41, 5.74) is 11.5. The molecule has 0 amide bonds. The minimum absolute atomic E-state index is 0.634. The number of nitriles is 2. The van der Waals surface area contributed by atoms with Crippen LogP contribution in [0.25, 0.3) is 88.1 Å². The zero-order chi connectivity index (χ0) is 32.6. The molecule has 0 fully saturated rings. The molecule has 7 aromatic carbocycles. The van der Waals surface area contributed by atoms with Crippen LogP contribution < -0.4 is 0 Å². The van der Waals surface area contributed by atoms with E-state index in [4.69, 9.17) is 4.42 Å². The van der Waals surface area contributed by atoms with Crippen molar-refractivity contribution in [2.45, 2.75) is 0 Å². The lowest BCUT2D eigenvalue weighted by atomic mass is 10.0. The predicted octanol–water partition coefficient (Wildman–Crippen LogP) is 11.2. The highest BCUT2D eigenvalue weighted by Crippen LogP contribution is 2.39. The van der Waals surface area contributed by atoms with Crippen molar-refractivity contribution in [3.63, 3.8) is 0 Å².